The van der Waals surface area contributed by atoms with Crippen LogP contribution in [-0.4, -0.2) is 65.0 Å². The van der Waals surface area contributed by atoms with Crippen LogP contribution in [0.15, 0.2) is 0 Å². The van der Waals surface area contributed by atoms with Crippen molar-refractivity contribution in [2.45, 2.75) is 81.3 Å². The van der Waals surface area contributed by atoms with Gasteiger partial charge in [-0.1, -0.05) is 45.4 Å². The van der Waals surface area contributed by atoms with Crippen LogP contribution in [0.1, 0.15) is 58.3 Å². The van der Waals surface area contributed by atoms with Crippen molar-refractivity contribution in [3.63, 3.8) is 0 Å². The molecule has 1 saturated carbocycles. The third-order valence-electron chi connectivity index (χ3n) is 4.80. The number of aliphatic hydroxyl groups is 7. The van der Waals surface area contributed by atoms with Gasteiger partial charge in [-0.25, -0.2) is 0 Å². The van der Waals surface area contributed by atoms with E-state index in [2.05, 4.69) is 6.92 Å². The molecule has 8 nitrogen and oxygen atoms in total. The van der Waals surface area contributed by atoms with Crippen LogP contribution < -0.4 is 0 Å². The van der Waals surface area contributed by atoms with E-state index in [1.54, 1.807) is 0 Å². The highest BCUT2D eigenvalue weighted by Gasteiger charge is 2.89. The van der Waals surface area contributed by atoms with E-state index in [0.29, 0.717) is 19.1 Å². The van der Waals surface area contributed by atoms with Gasteiger partial charge in [-0.15, -0.1) is 0 Å². The predicted molar refractivity (Wildman–Crippen MR) is 78.6 cm³/mol. The average molecular weight is 336 g/mol. The highest BCUT2D eigenvalue weighted by molar-refractivity contribution is 5.54. The smallest absolute Gasteiger partial charge is 0.280 e. The second-order valence-electron chi connectivity index (χ2n) is 6.53. The highest BCUT2D eigenvalue weighted by atomic mass is 16.7. The number of hydrogen-bond acceptors (Lipinski definition) is 8. The Bertz CT molecular complexity index is 386. The minimum atomic E-state index is -3.72. The van der Waals surface area contributed by atoms with Crippen LogP contribution in [0.25, 0.3) is 0 Å². The third kappa shape index (κ3) is 3.17. The van der Waals surface area contributed by atoms with Gasteiger partial charge in [0.15, 0.2) is 5.60 Å². The molecule has 0 aromatic rings. The van der Waals surface area contributed by atoms with Gasteiger partial charge in [0, 0.05) is 5.92 Å². The Labute approximate surface area is 135 Å². The van der Waals surface area contributed by atoms with Gasteiger partial charge in [0.1, 0.15) is 6.29 Å². The molecule has 0 radical (unpaired) electrons. The van der Waals surface area contributed by atoms with Crippen LogP contribution in [0.5, 0.6) is 0 Å². The molecule has 7 N–H and O–H groups in total. The predicted octanol–water partition coefficient (Wildman–Crippen LogP) is -1.27. The van der Waals surface area contributed by atoms with Gasteiger partial charge in [0.2, 0.25) is 0 Å². The largest absolute Gasteiger partial charge is 0.379 e. The molecule has 0 aliphatic heterocycles. The van der Waals surface area contributed by atoms with E-state index in [0.717, 1.165) is 32.1 Å². The van der Waals surface area contributed by atoms with Gasteiger partial charge >= 0.3 is 0 Å². The Morgan fingerprint density at radius 3 is 1.74 bits per heavy atom. The molecule has 23 heavy (non-hydrogen) atoms. The molecule has 1 rings (SSSR count). The van der Waals surface area contributed by atoms with E-state index in [1.165, 1.54) is 0 Å². The standard InChI is InChI=1S/C15H28O8/c1-2-3-4-5-6-7-8-11(10-16)9-12(17)13(18,19)15(22,23)14(12,20)21/h10-11,17-23H,2-9H2,1H3. The Balaban J connectivity index is 2.60. The van der Waals surface area contributed by atoms with Crippen molar-refractivity contribution >= 4 is 6.29 Å². The summed E-state index contributed by atoms with van der Waals surface area (Å²) in [6, 6.07) is 0. The first kappa shape index (κ1) is 20.4. The summed E-state index contributed by atoms with van der Waals surface area (Å²) in [5.74, 6) is -11.7. The summed E-state index contributed by atoms with van der Waals surface area (Å²) in [5.41, 5.74) is -3.04. The lowest BCUT2D eigenvalue weighted by Gasteiger charge is -2.64. The Hall–Kier alpha value is -0.610. The third-order valence-corrected chi connectivity index (χ3v) is 4.80. The monoisotopic (exact) mass is 336 g/mol. The van der Waals surface area contributed by atoms with Crippen molar-refractivity contribution in [3.8, 4) is 0 Å². The Morgan fingerprint density at radius 2 is 1.26 bits per heavy atom. The summed E-state index contributed by atoms with van der Waals surface area (Å²) in [4.78, 5) is 11.1. The van der Waals surface area contributed by atoms with E-state index < -0.39 is 35.3 Å². The van der Waals surface area contributed by atoms with Crippen LogP contribution in [-0.2, 0) is 4.79 Å². The number of unbranched alkanes of at least 4 members (excludes halogenated alkanes) is 5. The summed E-state index contributed by atoms with van der Waals surface area (Å²) in [7, 11) is 0. The fraction of sp³-hybridized carbons (Fsp3) is 0.933. The van der Waals surface area contributed by atoms with Crippen LogP contribution in [0, 0.1) is 5.92 Å². The summed E-state index contributed by atoms with van der Waals surface area (Å²) in [6.45, 7) is 2.09. The first-order valence-electron chi connectivity index (χ1n) is 8.01. The van der Waals surface area contributed by atoms with Crippen molar-refractivity contribution in [2.24, 2.45) is 5.92 Å². The van der Waals surface area contributed by atoms with E-state index in [9.17, 15) is 40.5 Å². The molecule has 136 valence electrons. The molecular weight excluding hydrogens is 308 g/mol. The van der Waals surface area contributed by atoms with Crippen molar-refractivity contribution < 1.29 is 40.5 Å². The van der Waals surface area contributed by atoms with E-state index in [1.807, 2.05) is 0 Å². The number of rotatable bonds is 10. The lowest BCUT2D eigenvalue weighted by molar-refractivity contribution is -0.598. The van der Waals surface area contributed by atoms with E-state index in [-0.39, 0.29) is 0 Å². The zero-order valence-electron chi connectivity index (χ0n) is 13.4. The molecule has 1 fully saturated rings. The second kappa shape index (κ2) is 7.10. The molecule has 0 amide bonds. The normalized spacial score (nSPS) is 24.7. The molecule has 8 heteroatoms. The highest BCUT2D eigenvalue weighted by Crippen LogP contribution is 2.56. The maximum atomic E-state index is 11.1. The molecular formula is C15H28O8. The van der Waals surface area contributed by atoms with E-state index in [4.69, 9.17) is 0 Å². The summed E-state index contributed by atoms with van der Waals surface area (Å²) >= 11 is 0. The van der Waals surface area contributed by atoms with Crippen LogP contribution in [0.2, 0.25) is 0 Å². The number of carbonyl (C=O) groups excluding carboxylic acids is 1. The van der Waals surface area contributed by atoms with Crippen molar-refractivity contribution in [1.29, 1.82) is 0 Å². The summed E-state index contributed by atoms with van der Waals surface area (Å²) in [5, 5.41) is 67.0. The fourth-order valence-electron chi connectivity index (χ4n) is 3.07. The van der Waals surface area contributed by atoms with Gasteiger partial charge in [-0.2, -0.15) is 0 Å². The SMILES string of the molecule is CCCCCCCCC(C=O)CC1(O)C(O)(O)C(O)(O)C1(O)O. The van der Waals surface area contributed by atoms with Crippen molar-refractivity contribution in [1.82, 2.24) is 0 Å². The molecule has 0 spiro atoms. The molecule has 1 unspecified atom stereocenters. The molecule has 0 aromatic heterocycles. The second-order valence-corrected chi connectivity index (χ2v) is 6.53. The topological polar surface area (TPSA) is 159 Å². The van der Waals surface area contributed by atoms with Gasteiger partial charge in [0.05, 0.1) is 0 Å². The average Bonchev–Trinajstić information content (AvgIpc) is 2.47. The van der Waals surface area contributed by atoms with Gasteiger partial charge in [0.25, 0.3) is 17.4 Å². The number of carbonyl (C=O) groups is 1. The molecule has 0 aromatic carbocycles. The van der Waals surface area contributed by atoms with Crippen LogP contribution in [0.4, 0.5) is 0 Å². The fourth-order valence-corrected chi connectivity index (χ4v) is 3.07. The number of hydrogen-bond donors (Lipinski definition) is 7. The number of aldehydes is 1. The maximum Gasteiger partial charge on any atom is 0.280 e. The van der Waals surface area contributed by atoms with E-state index >= 15 is 0 Å². The minimum absolute atomic E-state index is 0.313. The molecule has 0 saturated heterocycles. The molecule has 1 atom stereocenters. The summed E-state index contributed by atoms with van der Waals surface area (Å²) < 4.78 is 0. The minimum Gasteiger partial charge on any atom is -0.379 e. The van der Waals surface area contributed by atoms with Crippen molar-refractivity contribution in [3.05, 3.63) is 0 Å². The zero-order valence-corrected chi connectivity index (χ0v) is 13.4. The molecule has 0 bridgehead atoms. The molecule has 0 heterocycles. The Morgan fingerprint density at radius 1 is 0.783 bits per heavy atom. The van der Waals surface area contributed by atoms with Gasteiger partial charge in [-0.05, 0) is 12.8 Å². The van der Waals surface area contributed by atoms with Gasteiger partial charge in [-0.3, -0.25) is 0 Å². The lowest BCUT2D eigenvalue weighted by atomic mass is 9.58. The summed E-state index contributed by atoms with van der Waals surface area (Å²) in [6.07, 6.45) is 5.90. The van der Waals surface area contributed by atoms with Gasteiger partial charge < -0.3 is 40.5 Å². The first-order chi connectivity index (χ1) is 10.5. The first-order valence-corrected chi connectivity index (χ1v) is 8.01. The van der Waals surface area contributed by atoms with Crippen molar-refractivity contribution in [2.75, 3.05) is 0 Å². The zero-order chi connectivity index (χ0) is 17.9. The van der Waals surface area contributed by atoms with Crippen LogP contribution in [0.3, 0.4) is 0 Å². The van der Waals surface area contributed by atoms with Crippen LogP contribution >= 0.6 is 0 Å². The lowest BCUT2D eigenvalue weighted by Crippen LogP contribution is -2.95. The Kier molecular flexibility index (Phi) is 6.31. The molecule has 1 aliphatic rings. The maximum absolute atomic E-state index is 11.1. The molecule has 1 aliphatic carbocycles. The quantitative estimate of drug-likeness (QED) is 0.148.